The van der Waals surface area contributed by atoms with Crippen molar-refractivity contribution in [3.8, 4) is 11.4 Å². The van der Waals surface area contributed by atoms with Gasteiger partial charge in [-0.2, -0.15) is 5.10 Å². The second-order valence-corrected chi connectivity index (χ2v) is 8.07. The van der Waals surface area contributed by atoms with E-state index in [1.807, 2.05) is 40.7 Å². The topological polar surface area (TPSA) is 106 Å². The number of aryl methyl sites for hydroxylation is 2. The highest BCUT2D eigenvalue weighted by molar-refractivity contribution is 5.94. The molecule has 0 aliphatic carbocycles. The lowest BCUT2D eigenvalue weighted by atomic mass is 9.96. The lowest BCUT2D eigenvalue weighted by Crippen LogP contribution is -2.42. The number of piperidine rings is 1. The third kappa shape index (κ3) is 3.96. The van der Waals surface area contributed by atoms with Crippen LogP contribution in [0.4, 0.5) is 5.82 Å². The maximum atomic E-state index is 12.5. The van der Waals surface area contributed by atoms with Crippen LogP contribution in [0.25, 0.3) is 11.4 Å². The zero-order valence-corrected chi connectivity index (χ0v) is 17.3. The number of rotatable bonds is 6. The van der Waals surface area contributed by atoms with Gasteiger partial charge in [0.2, 0.25) is 17.7 Å². The lowest BCUT2D eigenvalue weighted by Gasteiger charge is -2.31. The van der Waals surface area contributed by atoms with Crippen LogP contribution in [0.2, 0.25) is 0 Å². The van der Waals surface area contributed by atoms with Crippen molar-refractivity contribution in [1.29, 1.82) is 0 Å². The van der Waals surface area contributed by atoms with Crippen molar-refractivity contribution in [2.45, 2.75) is 38.6 Å². The van der Waals surface area contributed by atoms with Crippen molar-refractivity contribution in [3.05, 3.63) is 24.4 Å². The van der Waals surface area contributed by atoms with Crippen LogP contribution in [0.15, 0.2) is 24.4 Å². The Hall–Kier alpha value is -3.10. The fourth-order valence-corrected chi connectivity index (χ4v) is 4.30. The maximum absolute atomic E-state index is 12.5. The molecule has 0 atom stereocenters. The van der Waals surface area contributed by atoms with E-state index in [1.165, 1.54) is 0 Å². The number of hydrogen-bond donors (Lipinski definition) is 1. The smallest absolute Gasteiger partial charge is 0.229 e. The number of nitrogens with zero attached hydrogens (tertiary/aromatic N) is 5. The van der Waals surface area contributed by atoms with Gasteiger partial charge in [-0.15, -0.1) is 0 Å². The highest BCUT2D eigenvalue weighted by Crippen LogP contribution is 2.28. The molecular formula is C21H28N6O3. The van der Waals surface area contributed by atoms with E-state index < -0.39 is 0 Å². The average molecular weight is 412 g/mol. The van der Waals surface area contributed by atoms with Gasteiger partial charge in [-0.1, -0.05) is 0 Å². The summed E-state index contributed by atoms with van der Waals surface area (Å²) in [6, 6.07) is 5.91. The van der Waals surface area contributed by atoms with Gasteiger partial charge in [-0.25, -0.2) is 4.68 Å². The number of primary amides is 1. The standard InChI is InChI=1S/C21H28N6O3/c1-24-9-2-4-17(24)16-14-18-26(20(29)8-13-27(18)23-16)10-3-5-19(28)25-11-6-15(7-12-25)21(22)30/h2,4,9,14-15H,3,5-8,10-13H2,1H3,(H2,22,30). The summed E-state index contributed by atoms with van der Waals surface area (Å²) in [6.45, 7) is 2.20. The van der Waals surface area contributed by atoms with E-state index in [2.05, 4.69) is 5.10 Å². The van der Waals surface area contributed by atoms with Crippen molar-refractivity contribution in [2.24, 2.45) is 18.7 Å². The Morgan fingerprint density at radius 3 is 2.67 bits per heavy atom. The number of carbonyl (C=O) groups is 3. The van der Waals surface area contributed by atoms with Gasteiger partial charge in [-0.05, 0) is 31.4 Å². The van der Waals surface area contributed by atoms with Crippen LogP contribution < -0.4 is 10.6 Å². The molecule has 4 rings (SSSR count). The summed E-state index contributed by atoms with van der Waals surface area (Å²) in [4.78, 5) is 39.9. The summed E-state index contributed by atoms with van der Waals surface area (Å²) in [5.41, 5.74) is 7.19. The van der Waals surface area contributed by atoms with Crippen molar-refractivity contribution in [3.63, 3.8) is 0 Å². The summed E-state index contributed by atoms with van der Waals surface area (Å²) in [7, 11) is 1.97. The van der Waals surface area contributed by atoms with Gasteiger partial charge < -0.3 is 15.2 Å². The van der Waals surface area contributed by atoms with Crippen LogP contribution in [-0.4, -0.2) is 56.6 Å². The fraction of sp³-hybridized carbons (Fsp3) is 0.524. The molecule has 4 heterocycles. The van der Waals surface area contributed by atoms with Gasteiger partial charge in [-0.3, -0.25) is 19.3 Å². The Bertz CT molecular complexity index is 954. The van der Waals surface area contributed by atoms with Gasteiger partial charge >= 0.3 is 0 Å². The SMILES string of the molecule is Cn1cccc1-c1cc2n(n1)CCC(=O)N2CCCC(=O)N1CCC(C(N)=O)CC1. The minimum Gasteiger partial charge on any atom is -0.369 e. The molecule has 9 heteroatoms. The van der Waals surface area contributed by atoms with Crippen LogP contribution in [0, 0.1) is 5.92 Å². The van der Waals surface area contributed by atoms with Gasteiger partial charge in [0.15, 0.2) is 0 Å². The highest BCUT2D eigenvalue weighted by atomic mass is 16.2. The molecule has 0 aromatic carbocycles. The largest absolute Gasteiger partial charge is 0.369 e. The zero-order valence-electron chi connectivity index (χ0n) is 17.3. The number of hydrogen-bond acceptors (Lipinski definition) is 4. The normalized spacial score (nSPS) is 17.3. The molecule has 2 aromatic rings. The molecule has 30 heavy (non-hydrogen) atoms. The molecule has 3 amide bonds. The van der Waals surface area contributed by atoms with Crippen LogP contribution in [0.1, 0.15) is 32.1 Å². The average Bonchev–Trinajstić information content (AvgIpc) is 3.35. The van der Waals surface area contributed by atoms with E-state index in [4.69, 9.17) is 5.73 Å². The molecule has 0 unspecified atom stereocenters. The number of nitrogens with two attached hydrogens (primary N) is 1. The van der Waals surface area contributed by atoms with Crippen molar-refractivity contribution in [2.75, 3.05) is 24.5 Å². The molecular weight excluding hydrogens is 384 g/mol. The summed E-state index contributed by atoms with van der Waals surface area (Å²) in [6.07, 6.45) is 4.61. The van der Waals surface area contributed by atoms with Gasteiger partial charge in [0, 0.05) is 57.7 Å². The van der Waals surface area contributed by atoms with E-state index in [1.54, 1.807) is 9.80 Å². The van der Waals surface area contributed by atoms with E-state index >= 15 is 0 Å². The number of likely N-dealkylation sites (tertiary alicyclic amines) is 1. The molecule has 9 nitrogen and oxygen atoms in total. The minimum absolute atomic E-state index is 0.0653. The van der Waals surface area contributed by atoms with E-state index in [9.17, 15) is 14.4 Å². The van der Waals surface area contributed by atoms with E-state index in [0.717, 1.165) is 17.2 Å². The molecule has 0 bridgehead atoms. The van der Waals surface area contributed by atoms with Gasteiger partial charge in [0.25, 0.3) is 0 Å². The molecule has 1 fully saturated rings. The van der Waals surface area contributed by atoms with Crippen LogP contribution in [-0.2, 0) is 28.0 Å². The van der Waals surface area contributed by atoms with Crippen LogP contribution >= 0.6 is 0 Å². The Labute approximate surface area is 175 Å². The van der Waals surface area contributed by atoms with Crippen LogP contribution in [0.3, 0.4) is 0 Å². The Morgan fingerprint density at radius 2 is 2.00 bits per heavy atom. The molecule has 1 saturated heterocycles. The summed E-state index contributed by atoms with van der Waals surface area (Å²) >= 11 is 0. The number of fused-ring (bicyclic) bond motifs is 1. The molecule has 2 aliphatic rings. The first-order valence-corrected chi connectivity index (χ1v) is 10.5. The number of carbonyl (C=O) groups excluding carboxylic acids is 3. The summed E-state index contributed by atoms with van der Waals surface area (Å²) in [5, 5.41) is 4.67. The maximum Gasteiger partial charge on any atom is 0.229 e. The Balaban J connectivity index is 1.36. The summed E-state index contributed by atoms with van der Waals surface area (Å²) < 4.78 is 3.88. The number of anilines is 1. The molecule has 0 spiro atoms. The number of aromatic nitrogens is 3. The van der Waals surface area contributed by atoms with E-state index in [-0.39, 0.29) is 23.6 Å². The number of amides is 3. The monoisotopic (exact) mass is 412 g/mol. The molecule has 160 valence electrons. The highest BCUT2D eigenvalue weighted by Gasteiger charge is 2.28. The third-order valence-corrected chi connectivity index (χ3v) is 6.10. The second kappa shape index (κ2) is 8.33. The molecule has 2 aliphatic heterocycles. The van der Waals surface area contributed by atoms with Crippen molar-refractivity contribution >= 4 is 23.5 Å². The van der Waals surface area contributed by atoms with Gasteiger partial charge in [0.1, 0.15) is 11.5 Å². The fourth-order valence-electron chi connectivity index (χ4n) is 4.30. The predicted molar refractivity (Wildman–Crippen MR) is 111 cm³/mol. The second-order valence-electron chi connectivity index (χ2n) is 8.07. The Kier molecular flexibility index (Phi) is 5.61. The Morgan fingerprint density at radius 1 is 1.23 bits per heavy atom. The van der Waals surface area contributed by atoms with Crippen molar-refractivity contribution in [1.82, 2.24) is 19.2 Å². The predicted octanol–water partition coefficient (Wildman–Crippen LogP) is 1.13. The van der Waals surface area contributed by atoms with Gasteiger partial charge in [0.05, 0.1) is 12.2 Å². The van der Waals surface area contributed by atoms with E-state index in [0.29, 0.717) is 58.3 Å². The molecule has 0 radical (unpaired) electrons. The van der Waals surface area contributed by atoms with Crippen LogP contribution in [0.5, 0.6) is 0 Å². The quantitative estimate of drug-likeness (QED) is 0.767. The minimum atomic E-state index is -0.281. The third-order valence-electron chi connectivity index (χ3n) is 6.10. The lowest BCUT2D eigenvalue weighted by molar-refractivity contribution is -0.135. The first-order valence-electron chi connectivity index (χ1n) is 10.5. The summed E-state index contributed by atoms with van der Waals surface area (Å²) in [5.74, 6) is 0.517. The first-order chi connectivity index (χ1) is 14.4. The molecule has 2 N–H and O–H groups in total. The van der Waals surface area contributed by atoms with Crippen molar-refractivity contribution < 1.29 is 14.4 Å². The molecule has 0 saturated carbocycles. The first kappa shape index (κ1) is 20.2. The molecule has 2 aromatic heterocycles. The zero-order chi connectivity index (χ0) is 21.3.